The first kappa shape index (κ1) is 12.3. The molecule has 0 atom stereocenters. The van der Waals surface area contributed by atoms with Gasteiger partial charge in [0.1, 0.15) is 5.69 Å². The summed E-state index contributed by atoms with van der Waals surface area (Å²) in [6, 6.07) is 6.01. The Morgan fingerprint density at radius 3 is 2.83 bits per heavy atom. The van der Waals surface area contributed by atoms with Gasteiger partial charge in [-0.25, -0.2) is 14.2 Å². The van der Waals surface area contributed by atoms with E-state index in [9.17, 15) is 9.18 Å². The highest BCUT2D eigenvalue weighted by atomic mass is 19.1. The maximum absolute atomic E-state index is 13.6. The van der Waals surface area contributed by atoms with Crippen LogP contribution in [0, 0.1) is 5.82 Å². The van der Waals surface area contributed by atoms with Crippen molar-refractivity contribution in [1.29, 1.82) is 0 Å². The Hall–Kier alpha value is -2.17. The van der Waals surface area contributed by atoms with Crippen LogP contribution in [0.15, 0.2) is 24.3 Å². The number of halogens is 1. The van der Waals surface area contributed by atoms with Crippen LogP contribution in [-0.4, -0.2) is 24.7 Å². The molecule has 5 heteroatoms. The number of rotatable bonds is 3. The fraction of sp³-hybridized carbons (Fsp3) is 0.231. The lowest BCUT2D eigenvalue weighted by molar-refractivity contribution is 0.0594. The number of methoxy groups -OCH3 is 1. The highest BCUT2D eigenvalue weighted by Crippen LogP contribution is 2.24. The number of hydrogen-bond acceptors (Lipinski definition) is 4. The first-order valence-electron chi connectivity index (χ1n) is 5.47. The third-order valence-corrected chi connectivity index (χ3v) is 2.44. The second kappa shape index (κ2) is 5.00. The molecule has 0 bridgehead atoms. The summed E-state index contributed by atoms with van der Waals surface area (Å²) < 4.78 is 23.3. The minimum absolute atomic E-state index is 0.147. The summed E-state index contributed by atoms with van der Waals surface area (Å²) in [6.45, 7) is 2.17. The number of fused-ring (bicyclic) bond motifs is 1. The summed E-state index contributed by atoms with van der Waals surface area (Å²) in [5.74, 6) is -0.873. The van der Waals surface area contributed by atoms with Crippen molar-refractivity contribution in [2.45, 2.75) is 6.92 Å². The lowest BCUT2D eigenvalue weighted by Gasteiger charge is -2.07. The zero-order chi connectivity index (χ0) is 13.1. The van der Waals surface area contributed by atoms with E-state index in [4.69, 9.17) is 4.74 Å². The van der Waals surface area contributed by atoms with Crippen molar-refractivity contribution in [2.75, 3.05) is 13.7 Å². The third-order valence-electron chi connectivity index (χ3n) is 2.44. The molecule has 0 fully saturated rings. The van der Waals surface area contributed by atoms with Gasteiger partial charge in [0.15, 0.2) is 11.6 Å². The lowest BCUT2D eigenvalue weighted by Crippen LogP contribution is -2.04. The maximum atomic E-state index is 13.6. The van der Waals surface area contributed by atoms with Crippen molar-refractivity contribution in [1.82, 2.24) is 4.98 Å². The van der Waals surface area contributed by atoms with E-state index in [0.29, 0.717) is 17.5 Å². The van der Waals surface area contributed by atoms with Crippen LogP contribution < -0.4 is 4.74 Å². The molecule has 4 nitrogen and oxygen atoms in total. The quantitative estimate of drug-likeness (QED) is 0.784. The molecular weight excluding hydrogens is 237 g/mol. The molecule has 0 saturated carbocycles. The number of nitrogens with zero attached hydrogens (tertiary/aromatic N) is 1. The van der Waals surface area contributed by atoms with Crippen LogP contribution in [0.4, 0.5) is 4.39 Å². The number of hydrogen-bond donors (Lipinski definition) is 0. The van der Waals surface area contributed by atoms with Gasteiger partial charge in [-0.1, -0.05) is 6.07 Å². The second-order valence-electron chi connectivity index (χ2n) is 3.60. The molecule has 0 aliphatic rings. The number of benzene rings is 1. The van der Waals surface area contributed by atoms with Crippen molar-refractivity contribution in [3.05, 3.63) is 35.8 Å². The van der Waals surface area contributed by atoms with Gasteiger partial charge in [-0.05, 0) is 19.1 Å². The Bertz CT molecular complexity index is 598. The SMILES string of the molecule is CCOc1cc2ccc(C(=O)OC)nc2cc1F. The molecule has 0 aliphatic heterocycles. The molecule has 2 rings (SSSR count). The molecule has 0 amide bonds. The first-order valence-corrected chi connectivity index (χ1v) is 5.47. The molecule has 94 valence electrons. The fourth-order valence-corrected chi connectivity index (χ4v) is 1.61. The molecule has 0 N–H and O–H groups in total. The Labute approximate surface area is 103 Å². The summed E-state index contributed by atoms with van der Waals surface area (Å²) in [6.07, 6.45) is 0. The van der Waals surface area contributed by atoms with Crippen LogP contribution in [0.2, 0.25) is 0 Å². The van der Waals surface area contributed by atoms with Crippen LogP contribution in [0.25, 0.3) is 10.9 Å². The smallest absolute Gasteiger partial charge is 0.356 e. The summed E-state index contributed by atoms with van der Waals surface area (Å²) in [5, 5.41) is 0.701. The number of pyridine rings is 1. The topological polar surface area (TPSA) is 48.4 Å². The van der Waals surface area contributed by atoms with E-state index in [1.807, 2.05) is 0 Å². The minimum Gasteiger partial charge on any atom is -0.491 e. The predicted octanol–water partition coefficient (Wildman–Crippen LogP) is 2.56. The average molecular weight is 249 g/mol. The van der Waals surface area contributed by atoms with Crippen molar-refractivity contribution in [3.8, 4) is 5.75 Å². The van der Waals surface area contributed by atoms with E-state index in [2.05, 4.69) is 9.72 Å². The van der Waals surface area contributed by atoms with Crippen LogP contribution in [0.3, 0.4) is 0 Å². The number of carbonyl (C=O) groups excluding carboxylic acids is 1. The minimum atomic E-state index is -0.550. The Morgan fingerprint density at radius 1 is 1.39 bits per heavy atom. The lowest BCUT2D eigenvalue weighted by atomic mass is 10.2. The van der Waals surface area contributed by atoms with E-state index in [1.165, 1.54) is 19.2 Å². The van der Waals surface area contributed by atoms with Crippen LogP contribution in [0.5, 0.6) is 5.75 Å². The van der Waals surface area contributed by atoms with Gasteiger partial charge in [-0.15, -0.1) is 0 Å². The molecule has 1 heterocycles. The fourth-order valence-electron chi connectivity index (χ4n) is 1.61. The summed E-state index contributed by atoms with van der Waals surface area (Å²) in [5.41, 5.74) is 0.535. The normalized spacial score (nSPS) is 10.4. The zero-order valence-electron chi connectivity index (χ0n) is 10.1. The Balaban J connectivity index is 2.52. The monoisotopic (exact) mass is 249 g/mol. The largest absolute Gasteiger partial charge is 0.491 e. The van der Waals surface area contributed by atoms with Gasteiger partial charge < -0.3 is 9.47 Å². The molecule has 1 aromatic carbocycles. The van der Waals surface area contributed by atoms with Crippen molar-refractivity contribution in [2.24, 2.45) is 0 Å². The summed E-state index contributed by atoms with van der Waals surface area (Å²) >= 11 is 0. The van der Waals surface area contributed by atoms with E-state index in [0.717, 1.165) is 0 Å². The number of carbonyl (C=O) groups is 1. The highest BCUT2D eigenvalue weighted by molar-refractivity contribution is 5.91. The van der Waals surface area contributed by atoms with Gasteiger partial charge in [-0.2, -0.15) is 0 Å². The van der Waals surface area contributed by atoms with Crippen molar-refractivity contribution >= 4 is 16.9 Å². The number of aromatic nitrogens is 1. The molecule has 2 aromatic rings. The molecule has 0 spiro atoms. The highest BCUT2D eigenvalue weighted by Gasteiger charge is 2.11. The molecule has 18 heavy (non-hydrogen) atoms. The van der Waals surface area contributed by atoms with E-state index in [1.54, 1.807) is 19.1 Å². The van der Waals surface area contributed by atoms with Gasteiger partial charge in [0.2, 0.25) is 0 Å². The Kier molecular flexibility index (Phi) is 3.41. The molecule has 0 radical (unpaired) electrons. The van der Waals surface area contributed by atoms with Crippen LogP contribution in [0.1, 0.15) is 17.4 Å². The van der Waals surface area contributed by atoms with Crippen LogP contribution >= 0.6 is 0 Å². The number of esters is 1. The zero-order valence-corrected chi connectivity index (χ0v) is 10.1. The molecule has 0 saturated heterocycles. The molecule has 0 aliphatic carbocycles. The Morgan fingerprint density at radius 2 is 2.17 bits per heavy atom. The molecular formula is C13H12FNO3. The average Bonchev–Trinajstić information content (AvgIpc) is 2.38. The van der Waals surface area contributed by atoms with E-state index in [-0.39, 0.29) is 11.4 Å². The van der Waals surface area contributed by atoms with Gasteiger partial charge in [0.25, 0.3) is 0 Å². The van der Waals surface area contributed by atoms with Gasteiger partial charge in [0, 0.05) is 11.5 Å². The predicted molar refractivity (Wildman–Crippen MR) is 64.2 cm³/mol. The third kappa shape index (κ3) is 2.25. The van der Waals surface area contributed by atoms with Crippen molar-refractivity contribution in [3.63, 3.8) is 0 Å². The van der Waals surface area contributed by atoms with Gasteiger partial charge >= 0.3 is 5.97 Å². The van der Waals surface area contributed by atoms with Gasteiger partial charge in [-0.3, -0.25) is 0 Å². The first-order chi connectivity index (χ1) is 8.65. The van der Waals surface area contributed by atoms with Crippen molar-refractivity contribution < 1.29 is 18.7 Å². The summed E-state index contributed by atoms with van der Waals surface area (Å²) in [7, 11) is 1.27. The standard InChI is InChI=1S/C13H12FNO3/c1-3-18-12-6-8-4-5-10(13(16)17-2)15-11(8)7-9(12)14/h4-7H,3H2,1-2H3. The second-order valence-corrected chi connectivity index (χ2v) is 3.60. The molecule has 0 unspecified atom stereocenters. The van der Waals surface area contributed by atoms with Gasteiger partial charge in [0.05, 0.1) is 19.2 Å². The van der Waals surface area contributed by atoms with E-state index < -0.39 is 11.8 Å². The summed E-state index contributed by atoms with van der Waals surface area (Å²) in [4.78, 5) is 15.3. The molecule has 1 aromatic heterocycles. The van der Waals surface area contributed by atoms with Crippen LogP contribution in [-0.2, 0) is 4.74 Å². The van der Waals surface area contributed by atoms with E-state index >= 15 is 0 Å². The number of ether oxygens (including phenoxy) is 2. The maximum Gasteiger partial charge on any atom is 0.356 e.